The average Bonchev–Trinajstić information content (AvgIpc) is 2.28. The van der Waals surface area contributed by atoms with Gasteiger partial charge in [0.05, 0.1) is 10.0 Å². The van der Waals surface area contributed by atoms with Crippen LogP contribution in [0.3, 0.4) is 0 Å². The monoisotopic (exact) mass is 215 g/mol. The van der Waals surface area contributed by atoms with E-state index in [1.54, 1.807) is 16.0 Å². The minimum absolute atomic E-state index is 0.0246. The van der Waals surface area contributed by atoms with E-state index < -0.39 is 0 Å². The Kier molecular flexibility index (Phi) is 3.22. The van der Waals surface area contributed by atoms with Crippen LogP contribution in [0, 0.1) is 0 Å². The number of ketones is 1. The molecule has 70 valence electrons. The summed E-state index contributed by atoms with van der Waals surface area (Å²) in [7, 11) is 1.81. The first-order chi connectivity index (χ1) is 6.07. The minimum Gasteiger partial charge on any atom is -0.335 e. The summed E-state index contributed by atoms with van der Waals surface area (Å²) in [5, 5.41) is 3.12. The van der Waals surface area contributed by atoms with Crippen molar-refractivity contribution >= 4 is 29.1 Å². The highest BCUT2D eigenvalue weighted by Crippen LogP contribution is 2.28. The van der Waals surface area contributed by atoms with Crippen molar-refractivity contribution < 1.29 is 4.79 Å². The molecule has 0 aromatic carbocycles. The van der Waals surface area contributed by atoms with Gasteiger partial charge in [-0.15, -0.1) is 0 Å². The molecular formula is C9H10ClNOS. The number of rotatable bonds is 3. The maximum Gasteiger partial charge on any atom is 0.177 e. The Morgan fingerprint density at radius 3 is 2.77 bits per heavy atom. The average molecular weight is 216 g/mol. The Morgan fingerprint density at radius 2 is 2.38 bits per heavy atom. The lowest BCUT2D eigenvalue weighted by Crippen LogP contribution is -2.02. The maximum atomic E-state index is 11.2. The van der Waals surface area contributed by atoms with Gasteiger partial charge in [0.1, 0.15) is 5.69 Å². The molecule has 0 radical (unpaired) electrons. The molecule has 0 aliphatic rings. The van der Waals surface area contributed by atoms with Crippen LogP contribution in [0.4, 0.5) is 0 Å². The van der Waals surface area contributed by atoms with Crippen LogP contribution >= 0.6 is 23.4 Å². The van der Waals surface area contributed by atoms with Crippen molar-refractivity contribution in [3.63, 3.8) is 0 Å². The first-order valence-corrected chi connectivity index (χ1v) is 4.97. The van der Waals surface area contributed by atoms with E-state index in [0.29, 0.717) is 10.7 Å². The maximum absolute atomic E-state index is 11.2. The number of Topliss-reactive ketones (excluding diaryl/α,β-unsaturated/α-hetero) is 1. The largest absolute Gasteiger partial charge is 0.335 e. The zero-order valence-electron chi connectivity index (χ0n) is 7.50. The third-order valence-corrected chi connectivity index (χ3v) is 2.77. The standard InChI is InChI=1S/C9H10ClNOS/c1-4-13-8-5-7(10)9(6(2)12)11(8)3/h4-5H,1H2,2-3H3. The van der Waals surface area contributed by atoms with Gasteiger partial charge in [-0.1, -0.05) is 29.9 Å². The van der Waals surface area contributed by atoms with E-state index in [0.717, 1.165) is 5.03 Å². The van der Waals surface area contributed by atoms with Gasteiger partial charge in [0.15, 0.2) is 5.78 Å². The summed E-state index contributed by atoms with van der Waals surface area (Å²) >= 11 is 7.34. The normalized spacial score (nSPS) is 10.1. The van der Waals surface area contributed by atoms with Crippen LogP contribution < -0.4 is 0 Å². The predicted molar refractivity (Wildman–Crippen MR) is 56.5 cm³/mol. The van der Waals surface area contributed by atoms with Crippen LogP contribution in [0.25, 0.3) is 0 Å². The molecule has 13 heavy (non-hydrogen) atoms. The first-order valence-electron chi connectivity index (χ1n) is 3.71. The molecular weight excluding hydrogens is 206 g/mol. The molecule has 0 unspecified atom stereocenters. The summed E-state index contributed by atoms with van der Waals surface area (Å²) in [6.45, 7) is 5.11. The van der Waals surface area contributed by atoms with E-state index in [4.69, 9.17) is 11.6 Å². The molecule has 0 aliphatic heterocycles. The Morgan fingerprint density at radius 1 is 1.77 bits per heavy atom. The first kappa shape index (κ1) is 10.4. The second-order valence-electron chi connectivity index (χ2n) is 2.58. The van der Waals surface area contributed by atoms with E-state index in [1.165, 1.54) is 18.7 Å². The highest BCUT2D eigenvalue weighted by atomic mass is 35.5. The smallest absolute Gasteiger partial charge is 0.177 e. The van der Waals surface area contributed by atoms with Crippen molar-refractivity contribution in [3.05, 3.63) is 28.8 Å². The fraction of sp³-hybridized carbons (Fsp3) is 0.222. The number of carbonyl (C=O) groups is 1. The highest BCUT2D eigenvalue weighted by Gasteiger charge is 2.13. The van der Waals surface area contributed by atoms with Gasteiger partial charge >= 0.3 is 0 Å². The van der Waals surface area contributed by atoms with Gasteiger partial charge in [0, 0.05) is 14.0 Å². The molecule has 1 rings (SSSR count). The SMILES string of the molecule is C=CSc1cc(Cl)c(C(C)=O)n1C. The summed E-state index contributed by atoms with van der Waals surface area (Å²) in [5.41, 5.74) is 0.547. The number of nitrogens with zero attached hydrogens (tertiary/aromatic N) is 1. The zero-order valence-corrected chi connectivity index (χ0v) is 9.08. The molecule has 0 N–H and O–H groups in total. The summed E-state index contributed by atoms with van der Waals surface area (Å²) in [4.78, 5) is 11.2. The van der Waals surface area contributed by atoms with Crippen molar-refractivity contribution in [2.45, 2.75) is 11.9 Å². The summed E-state index contributed by atoms with van der Waals surface area (Å²) in [5.74, 6) is -0.0246. The molecule has 0 spiro atoms. The second-order valence-corrected chi connectivity index (χ2v) is 3.97. The molecule has 0 saturated heterocycles. The lowest BCUT2D eigenvalue weighted by molar-refractivity contribution is 0.100. The molecule has 2 nitrogen and oxygen atoms in total. The van der Waals surface area contributed by atoms with Gasteiger partial charge in [-0.3, -0.25) is 4.79 Å². The van der Waals surface area contributed by atoms with Gasteiger partial charge in [-0.2, -0.15) is 0 Å². The zero-order chi connectivity index (χ0) is 10.0. The summed E-state index contributed by atoms with van der Waals surface area (Å²) in [6, 6.07) is 1.77. The second kappa shape index (κ2) is 4.03. The molecule has 0 bridgehead atoms. The topological polar surface area (TPSA) is 22.0 Å². The van der Waals surface area contributed by atoms with E-state index in [9.17, 15) is 4.79 Å². The van der Waals surface area contributed by atoms with Gasteiger partial charge < -0.3 is 4.57 Å². The number of hydrogen-bond donors (Lipinski definition) is 0. The van der Waals surface area contributed by atoms with Crippen LogP contribution in [0.1, 0.15) is 17.4 Å². The summed E-state index contributed by atoms with van der Waals surface area (Å²) in [6.07, 6.45) is 0. The minimum atomic E-state index is -0.0246. The van der Waals surface area contributed by atoms with E-state index >= 15 is 0 Å². The molecule has 4 heteroatoms. The third kappa shape index (κ3) is 1.98. The molecule has 1 aromatic rings. The molecule has 0 saturated carbocycles. The highest BCUT2D eigenvalue weighted by molar-refractivity contribution is 8.02. The van der Waals surface area contributed by atoms with Crippen molar-refractivity contribution in [2.24, 2.45) is 7.05 Å². The number of hydrogen-bond acceptors (Lipinski definition) is 2. The van der Waals surface area contributed by atoms with Crippen LogP contribution in [-0.4, -0.2) is 10.4 Å². The lowest BCUT2D eigenvalue weighted by atomic mass is 10.3. The van der Waals surface area contributed by atoms with Crippen molar-refractivity contribution in [1.29, 1.82) is 0 Å². The lowest BCUT2D eigenvalue weighted by Gasteiger charge is -2.02. The molecule has 0 atom stereocenters. The fourth-order valence-electron chi connectivity index (χ4n) is 1.15. The van der Waals surface area contributed by atoms with Crippen molar-refractivity contribution in [2.75, 3.05) is 0 Å². The quantitative estimate of drug-likeness (QED) is 0.571. The van der Waals surface area contributed by atoms with E-state index in [1.807, 2.05) is 7.05 Å². The molecule has 0 aliphatic carbocycles. The molecule has 1 heterocycles. The number of thioether (sulfide) groups is 1. The van der Waals surface area contributed by atoms with Gasteiger partial charge in [-0.05, 0) is 11.5 Å². The Labute approximate surface area is 86.6 Å². The number of aromatic nitrogens is 1. The molecule has 0 fully saturated rings. The molecule has 1 aromatic heterocycles. The van der Waals surface area contributed by atoms with Crippen molar-refractivity contribution in [3.8, 4) is 0 Å². The van der Waals surface area contributed by atoms with Crippen LogP contribution in [-0.2, 0) is 7.05 Å². The Hall–Kier alpha value is -0.670. The molecule has 0 amide bonds. The van der Waals surface area contributed by atoms with Crippen molar-refractivity contribution in [1.82, 2.24) is 4.57 Å². The third-order valence-electron chi connectivity index (χ3n) is 1.68. The van der Waals surface area contributed by atoms with Gasteiger partial charge in [0.25, 0.3) is 0 Å². The van der Waals surface area contributed by atoms with Crippen LogP contribution in [0.5, 0.6) is 0 Å². The number of halogens is 1. The van der Waals surface area contributed by atoms with Crippen LogP contribution in [0.15, 0.2) is 23.1 Å². The fourth-order valence-corrected chi connectivity index (χ4v) is 2.18. The Bertz CT molecular complexity index is 357. The van der Waals surface area contributed by atoms with Gasteiger partial charge in [-0.25, -0.2) is 0 Å². The number of carbonyl (C=O) groups excluding carboxylic acids is 1. The summed E-state index contributed by atoms with van der Waals surface area (Å²) < 4.78 is 1.77. The Balaban J connectivity index is 3.21. The van der Waals surface area contributed by atoms with E-state index in [-0.39, 0.29) is 5.78 Å². The predicted octanol–water partition coefficient (Wildman–Crippen LogP) is 3.12. The van der Waals surface area contributed by atoms with Gasteiger partial charge in [0.2, 0.25) is 0 Å². The van der Waals surface area contributed by atoms with Crippen LogP contribution in [0.2, 0.25) is 5.02 Å². The van der Waals surface area contributed by atoms with E-state index in [2.05, 4.69) is 6.58 Å².